The van der Waals surface area contributed by atoms with Crippen molar-refractivity contribution in [2.24, 2.45) is 0 Å². The highest BCUT2D eigenvalue weighted by Gasteiger charge is 2.18. The van der Waals surface area contributed by atoms with Crippen molar-refractivity contribution in [3.63, 3.8) is 0 Å². The minimum absolute atomic E-state index is 0.887. The third kappa shape index (κ3) is 7.63. The Morgan fingerprint density at radius 3 is 1.55 bits per heavy atom. The van der Waals surface area contributed by atoms with Crippen molar-refractivity contribution in [3.05, 3.63) is 279 Å². The lowest BCUT2D eigenvalue weighted by Crippen LogP contribution is -2.09. The number of anilines is 3. The van der Waals surface area contributed by atoms with Gasteiger partial charge in [0, 0.05) is 44.3 Å². The van der Waals surface area contributed by atoms with E-state index in [2.05, 4.69) is 276 Å². The van der Waals surface area contributed by atoms with E-state index < -0.39 is 0 Å². The average Bonchev–Trinajstić information content (AvgIpc) is 4.01. The summed E-state index contributed by atoms with van der Waals surface area (Å²) in [5.41, 5.74) is 20.1. The Kier molecular flexibility index (Phi) is 10.2. The lowest BCUT2D eigenvalue weighted by Gasteiger charge is -2.26. The van der Waals surface area contributed by atoms with Gasteiger partial charge >= 0.3 is 0 Å². The van der Waals surface area contributed by atoms with Crippen LogP contribution in [-0.2, 0) is 0 Å². The molecule has 0 bridgehead atoms. The largest absolute Gasteiger partial charge is 0.456 e. The first kappa shape index (κ1) is 42.2. The number of hydrogen-bond acceptors (Lipinski definition) is 2. The zero-order chi connectivity index (χ0) is 48.2. The van der Waals surface area contributed by atoms with Crippen LogP contribution < -0.4 is 4.90 Å². The van der Waals surface area contributed by atoms with Gasteiger partial charge < -0.3 is 13.9 Å². The molecule has 2 aromatic heterocycles. The third-order valence-corrected chi connectivity index (χ3v) is 14.5. The standard InChI is InChI=1S/C70H46N2O/c1-3-15-47(16-4-1)49-29-34-60(35-30-49)72-67-27-11-9-25-63(67)64-37-32-55(46-68(64)72)58-41-56(40-57(42-58)54-33-38-70-66(45-54)65-26-10-12-28-69(65)73-70)51-20-13-19-50(39-51)53-21-14-24-61(44-53)71(59-22-5-2-6-23-59)62-36-31-48-17-7-8-18-52(48)43-62/h1-46H. The Bertz CT molecular complexity index is 4370. The molecular weight excluding hydrogens is 885 g/mol. The highest BCUT2D eigenvalue weighted by molar-refractivity contribution is 6.11. The van der Waals surface area contributed by atoms with Crippen molar-refractivity contribution in [3.8, 4) is 61.3 Å². The molecule has 73 heavy (non-hydrogen) atoms. The van der Waals surface area contributed by atoms with Crippen LogP contribution in [0.5, 0.6) is 0 Å². The number of fused-ring (bicyclic) bond motifs is 7. The number of furan rings is 1. The lowest BCUT2D eigenvalue weighted by molar-refractivity contribution is 0.669. The SMILES string of the molecule is c1ccc(-c2ccc(-n3c4ccccc4c4ccc(-c5cc(-c6cccc(-c7cccc(N(c8ccccc8)c8ccc9ccccc9c8)c7)c6)cc(-c6ccc7oc8ccccc8c7c6)c5)cc43)cc2)cc1. The fourth-order valence-electron chi connectivity index (χ4n) is 10.9. The van der Waals surface area contributed by atoms with Crippen LogP contribution in [0.1, 0.15) is 0 Å². The molecule has 3 nitrogen and oxygen atoms in total. The van der Waals surface area contributed by atoms with Crippen molar-refractivity contribution < 1.29 is 4.42 Å². The molecule has 0 radical (unpaired) electrons. The highest BCUT2D eigenvalue weighted by Crippen LogP contribution is 2.42. The minimum Gasteiger partial charge on any atom is -0.456 e. The second-order valence-corrected chi connectivity index (χ2v) is 18.9. The first-order valence-electron chi connectivity index (χ1n) is 25.0. The van der Waals surface area contributed by atoms with Crippen LogP contribution in [0.2, 0.25) is 0 Å². The molecule has 0 aliphatic rings. The van der Waals surface area contributed by atoms with Crippen LogP contribution in [0.4, 0.5) is 17.1 Å². The molecule has 3 heteroatoms. The molecule has 0 aliphatic heterocycles. The molecule has 12 aromatic carbocycles. The van der Waals surface area contributed by atoms with Gasteiger partial charge in [-0.25, -0.2) is 0 Å². The van der Waals surface area contributed by atoms with Crippen LogP contribution >= 0.6 is 0 Å². The van der Waals surface area contributed by atoms with Gasteiger partial charge in [-0.05, 0) is 170 Å². The second kappa shape index (κ2) is 17.6. The van der Waals surface area contributed by atoms with Crippen LogP contribution in [-0.4, -0.2) is 4.57 Å². The van der Waals surface area contributed by atoms with E-state index in [1.165, 1.54) is 43.7 Å². The van der Waals surface area contributed by atoms with Crippen molar-refractivity contribution in [1.82, 2.24) is 4.57 Å². The van der Waals surface area contributed by atoms with E-state index >= 15 is 0 Å². The van der Waals surface area contributed by atoms with Crippen LogP contribution in [0.15, 0.2) is 283 Å². The van der Waals surface area contributed by atoms with Gasteiger partial charge in [0.15, 0.2) is 0 Å². The summed E-state index contributed by atoms with van der Waals surface area (Å²) in [6.45, 7) is 0. The molecule has 0 N–H and O–H groups in total. The zero-order valence-corrected chi connectivity index (χ0v) is 39.9. The topological polar surface area (TPSA) is 21.3 Å². The minimum atomic E-state index is 0.887. The maximum absolute atomic E-state index is 6.31. The molecular formula is C70H46N2O. The van der Waals surface area contributed by atoms with E-state index in [-0.39, 0.29) is 0 Å². The average molecular weight is 931 g/mol. The monoisotopic (exact) mass is 930 g/mol. The Hall–Kier alpha value is -9.70. The summed E-state index contributed by atoms with van der Waals surface area (Å²) >= 11 is 0. The number of nitrogens with zero attached hydrogens (tertiary/aromatic N) is 2. The number of benzene rings is 12. The predicted molar refractivity (Wildman–Crippen MR) is 307 cm³/mol. The Balaban J connectivity index is 0.908. The van der Waals surface area contributed by atoms with Crippen molar-refractivity contribution in [2.45, 2.75) is 0 Å². The number of para-hydroxylation sites is 3. The third-order valence-electron chi connectivity index (χ3n) is 14.5. The number of aromatic nitrogens is 1. The van der Waals surface area contributed by atoms with Crippen LogP contribution in [0.25, 0.3) is 116 Å². The summed E-state index contributed by atoms with van der Waals surface area (Å²) in [6, 6.07) is 101. The summed E-state index contributed by atoms with van der Waals surface area (Å²) < 4.78 is 8.73. The molecule has 0 spiro atoms. The molecule has 0 atom stereocenters. The molecule has 0 fully saturated rings. The fraction of sp³-hybridized carbons (Fsp3) is 0. The predicted octanol–water partition coefficient (Wildman–Crippen LogP) is 19.6. The maximum atomic E-state index is 6.31. The molecule has 14 rings (SSSR count). The van der Waals surface area contributed by atoms with Crippen LogP contribution in [0.3, 0.4) is 0 Å². The quantitative estimate of drug-likeness (QED) is 0.144. The summed E-state index contributed by atoms with van der Waals surface area (Å²) in [5.74, 6) is 0. The number of rotatable bonds is 9. The van der Waals surface area contributed by atoms with Gasteiger partial charge in [-0.3, -0.25) is 0 Å². The molecule has 2 heterocycles. The Labute approximate surface area is 423 Å². The molecule has 0 saturated heterocycles. The lowest BCUT2D eigenvalue weighted by atomic mass is 9.91. The highest BCUT2D eigenvalue weighted by atomic mass is 16.3. The first-order chi connectivity index (χ1) is 36.1. The van der Waals surface area contributed by atoms with E-state index in [4.69, 9.17) is 4.42 Å². The van der Waals surface area contributed by atoms with E-state index in [1.54, 1.807) is 0 Å². The maximum Gasteiger partial charge on any atom is 0.135 e. The van der Waals surface area contributed by atoms with Gasteiger partial charge in [-0.1, -0.05) is 176 Å². The van der Waals surface area contributed by atoms with Gasteiger partial charge in [0.05, 0.1) is 11.0 Å². The van der Waals surface area contributed by atoms with Gasteiger partial charge in [0.25, 0.3) is 0 Å². The summed E-state index contributed by atoms with van der Waals surface area (Å²) in [5, 5.41) is 7.12. The van der Waals surface area contributed by atoms with E-state index in [0.717, 1.165) is 89.2 Å². The molecule has 14 aromatic rings. The van der Waals surface area contributed by atoms with Gasteiger partial charge in [0.1, 0.15) is 11.2 Å². The molecule has 342 valence electrons. The van der Waals surface area contributed by atoms with E-state index in [0.29, 0.717) is 0 Å². The molecule has 0 aliphatic carbocycles. The van der Waals surface area contributed by atoms with E-state index in [9.17, 15) is 0 Å². The van der Waals surface area contributed by atoms with Crippen molar-refractivity contribution >= 4 is 71.6 Å². The smallest absolute Gasteiger partial charge is 0.135 e. The summed E-state index contributed by atoms with van der Waals surface area (Å²) in [6.07, 6.45) is 0. The first-order valence-corrected chi connectivity index (χ1v) is 25.0. The van der Waals surface area contributed by atoms with Crippen LogP contribution in [0, 0.1) is 0 Å². The molecule has 0 saturated carbocycles. The van der Waals surface area contributed by atoms with E-state index in [1.807, 2.05) is 12.1 Å². The summed E-state index contributed by atoms with van der Waals surface area (Å²) in [7, 11) is 0. The zero-order valence-electron chi connectivity index (χ0n) is 39.9. The van der Waals surface area contributed by atoms with Gasteiger partial charge in [-0.15, -0.1) is 0 Å². The number of hydrogen-bond donors (Lipinski definition) is 0. The van der Waals surface area contributed by atoms with Gasteiger partial charge in [-0.2, -0.15) is 0 Å². The second-order valence-electron chi connectivity index (χ2n) is 18.9. The Morgan fingerprint density at radius 2 is 0.753 bits per heavy atom. The fourth-order valence-corrected chi connectivity index (χ4v) is 10.9. The Morgan fingerprint density at radius 1 is 0.247 bits per heavy atom. The van der Waals surface area contributed by atoms with Crippen molar-refractivity contribution in [1.29, 1.82) is 0 Å². The molecule has 0 unspecified atom stereocenters. The van der Waals surface area contributed by atoms with Crippen molar-refractivity contribution in [2.75, 3.05) is 4.90 Å². The van der Waals surface area contributed by atoms with Gasteiger partial charge in [0.2, 0.25) is 0 Å². The normalized spacial score (nSPS) is 11.6. The summed E-state index contributed by atoms with van der Waals surface area (Å²) in [4.78, 5) is 2.35. The molecule has 0 amide bonds.